The van der Waals surface area contributed by atoms with Gasteiger partial charge in [-0.2, -0.15) is 0 Å². The van der Waals surface area contributed by atoms with E-state index in [1.807, 2.05) is 42.5 Å². The number of nitrogens with two attached hydrogens (primary N) is 1. The van der Waals surface area contributed by atoms with Crippen LogP contribution in [0.2, 0.25) is 0 Å². The first-order valence-corrected chi connectivity index (χ1v) is 13.1. The molecule has 0 fully saturated rings. The molecular formula is C31H38N4O3. The van der Waals surface area contributed by atoms with Crippen LogP contribution in [-0.2, 0) is 29.0 Å². The summed E-state index contributed by atoms with van der Waals surface area (Å²) in [6.45, 7) is 2.79. The minimum atomic E-state index is -0.452. The molecule has 2 atom stereocenters. The van der Waals surface area contributed by atoms with Crippen molar-refractivity contribution in [2.24, 2.45) is 11.7 Å². The molecule has 0 spiro atoms. The topological polar surface area (TPSA) is 128 Å². The summed E-state index contributed by atoms with van der Waals surface area (Å²) in [6, 6.07) is 24.1. The Morgan fingerprint density at radius 2 is 1.63 bits per heavy atom. The van der Waals surface area contributed by atoms with Gasteiger partial charge in [0.1, 0.15) is 11.6 Å². The molecule has 0 saturated carbocycles. The zero-order chi connectivity index (χ0) is 27.3. The fourth-order valence-corrected chi connectivity index (χ4v) is 4.32. The predicted octanol–water partition coefficient (Wildman–Crippen LogP) is 4.11. The average molecular weight is 515 g/mol. The second-order valence-corrected chi connectivity index (χ2v) is 9.70. The molecule has 7 heteroatoms. The lowest BCUT2D eigenvalue weighted by Crippen LogP contribution is -2.40. The molecule has 0 saturated heterocycles. The van der Waals surface area contributed by atoms with Crippen molar-refractivity contribution in [2.45, 2.75) is 51.6 Å². The van der Waals surface area contributed by atoms with E-state index in [0.717, 1.165) is 30.4 Å². The second kappa shape index (κ2) is 14.7. The summed E-state index contributed by atoms with van der Waals surface area (Å²) in [6.07, 6.45) is 3.22. The van der Waals surface area contributed by atoms with Gasteiger partial charge in [-0.05, 0) is 61.1 Å². The molecule has 0 radical (unpaired) electrons. The zero-order valence-electron chi connectivity index (χ0n) is 22.0. The number of amides is 1. The maximum absolute atomic E-state index is 13.3. The Bertz CT molecular complexity index is 1200. The SMILES string of the molecule is C[C@H](CC(=O)[C@@H](CCc1ccccc1)NCCCc1cccc(O)c1)C(=O)NCc1ccc(C(=N)N)cc1. The Labute approximate surface area is 225 Å². The molecule has 3 aromatic rings. The number of benzene rings is 3. The Balaban J connectivity index is 1.51. The van der Waals surface area contributed by atoms with Gasteiger partial charge in [-0.25, -0.2) is 0 Å². The molecule has 0 aromatic heterocycles. The van der Waals surface area contributed by atoms with Gasteiger partial charge in [-0.1, -0.05) is 73.7 Å². The summed E-state index contributed by atoms with van der Waals surface area (Å²) in [5.41, 5.74) is 9.25. The van der Waals surface area contributed by atoms with Gasteiger partial charge in [0, 0.05) is 24.4 Å². The molecule has 38 heavy (non-hydrogen) atoms. The lowest BCUT2D eigenvalue weighted by atomic mass is 9.95. The van der Waals surface area contributed by atoms with Gasteiger partial charge < -0.3 is 21.5 Å². The molecule has 0 unspecified atom stereocenters. The summed E-state index contributed by atoms with van der Waals surface area (Å²) in [5, 5.41) is 23.5. The molecule has 0 aliphatic rings. The number of nitrogens with one attached hydrogen (secondary N) is 3. The maximum Gasteiger partial charge on any atom is 0.223 e. The minimum Gasteiger partial charge on any atom is -0.508 e. The largest absolute Gasteiger partial charge is 0.508 e. The van der Waals surface area contributed by atoms with Crippen LogP contribution in [0.3, 0.4) is 0 Å². The smallest absolute Gasteiger partial charge is 0.223 e. The van der Waals surface area contributed by atoms with Crippen LogP contribution in [0.4, 0.5) is 0 Å². The number of nitrogen functional groups attached to an aromatic ring is 1. The molecule has 3 aromatic carbocycles. The quantitative estimate of drug-likeness (QED) is 0.118. The van der Waals surface area contributed by atoms with Crippen LogP contribution >= 0.6 is 0 Å². The van der Waals surface area contributed by atoms with E-state index in [-0.39, 0.29) is 35.7 Å². The van der Waals surface area contributed by atoms with E-state index in [9.17, 15) is 14.7 Å². The third-order valence-corrected chi connectivity index (χ3v) is 6.58. The van der Waals surface area contributed by atoms with Crippen molar-refractivity contribution < 1.29 is 14.7 Å². The monoisotopic (exact) mass is 514 g/mol. The second-order valence-electron chi connectivity index (χ2n) is 9.70. The summed E-state index contributed by atoms with van der Waals surface area (Å²) in [5.74, 6) is -0.326. The molecule has 7 nitrogen and oxygen atoms in total. The summed E-state index contributed by atoms with van der Waals surface area (Å²) >= 11 is 0. The summed E-state index contributed by atoms with van der Waals surface area (Å²) < 4.78 is 0. The Hall–Kier alpha value is -3.97. The lowest BCUT2D eigenvalue weighted by Gasteiger charge is -2.20. The number of Topliss-reactive ketones (excluding diaryl/α,β-unsaturated/α-hetero) is 1. The summed E-state index contributed by atoms with van der Waals surface area (Å²) in [4.78, 5) is 26.0. The van der Waals surface area contributed by atoms with Gasteiger partial charge in [0.2, 0.25) is 5.91 Å². The highest BCUT2D eigenvalue weighted by Gasteiger charge is 2.23. The van der Waals surface area contributed by atoms with Crippen LogP contribution in [0.1, 0.15) is 48.4 Å². The number of amidine groups is 1. The highest BCUT2D eigenvalue weighted by Crippen LogP contribution is 2.14. The number of aromatic hydroxyl groups is 1. The van der Waals surface area contributed by atoms with Crippen LogP contribution in [-0.4, -0.2) is 35.2 Å². The van der Waals surface area contributed by atoms with Crippen LogP contribution < -0.4 is 16.4 Å². The van der Waals surface area contributed by atoms with E-state index in [1.54, 1.807) is 31.2 Å². The minimum absolute atomic E-state index is 0.00233. The molecule has 0 bridgehead atoms. The molecule has 200 valence electrons. The van der Waals surface area contributed by atoms with E-state index in [1.165, 1.54) is 5.56 Å². The van der Waals surface area contributed by atoms with Crippen molar-refractivity contribution in [3.05, 3.63) is 101 Å². The number of carbonyl (C=O) groups is 2. The van der Waals surface area contributed by atoms with Crippen molar-refractivity contribution in [3.63, 3.8) is 0 Å². The molecule has 3 rings (SSSR count). The van der Waals surface area contributed by atoms with Gasteiger partial charge in [0.05, 0.1) is 6.04 Å². The average Bonchev–Trinajstić information content (AvgIpc) is 2.92. The van der Waals surface area contributed by atoms with Gasteiger partial charge in [-0.15, -0.1) is 0 Å². The Kier molecular flexibility index (Phi) is 11.1. The number of ketones is 1. The normalized spacial score (nSPS) is 12.4. The van der Waals surface area contributed by atoms with Gasteiger partial charge in [-0.3, -0.25) is 15.0 Å². The van der Waals surface area contributed by atoms with Crippen molar-refractivity contribution in [3.8, 4) is 5.75 Å². The molecule has 0 heterocycles. The van der Waals surface area contributed by atoms with Crippen LogP contribution in [0, 0.1) is 11.3 Å². The van der Waals surface area contributed by atoms with Gasteiger partial charge >= 0.3 is 0 Å². The molecule has 0 aliphatic carbocycles. The van der Waals surface area contributed by atoms with E-state index in [0.29, 0.717) is 25.1 Å². The Morgan fingerprint density at radius 3 is 2.32 bits per heavy atom. The summed E-state index contributed by atoms with van der Waals surface area (Å²) in [7, 11) is 0. The number of aryl methyl sites for hydroxylation is 2. The van der Waals surface area contributed by atoms with Gasteiger partial charge in [0.15, 0.2) is 5.78 Å². The number of carbonyl (C=O) groups excluding carboxylic acids is 2. The number of phenols is 1. The van der Waals surface area contributed by atoms with E-state index < -0.39 is 5.92 Å². The first-order valence-electron chi connectivity index (χ1n) is 13.1. The number of hydrogen-bond acceptors (Lipinski definition) is 5. The number of hydrogen-bond donors (Lipinski definition) is 5. The maximum atomic E-state index is 13.3. The van der Waals surface area contributed by atoms with Crippen LogP contribution in [0.5, 0.6) is 5.75 Å². The van der Waals surface area contributed by atoms with Crippen molar-refractivity contribution in [2.75, 3.05) is 6.54 Å². The molecule has 6 N–H and O–H groups in total. The highest BCUT2D eigenvalue weighted by atomic mass is 16.3. The first kappa shape index (κ1) is 28.6. The molecule has 1 amide bonds. The standard InChI is InChI=1S/C31H38N4O3/c1-22(31(38)35-21-25-12-15-26(16-13-25)30(32)33)19-29(37)28(17-14-23-7-3-2-4-8-23)34-18-6-10-24-9-5-11-27(36)20-24/h2-5,7-9,11-13,15-16,20,22,28,34,36H,6,10,14,17-19,21H2,1H3,(H3,32,33)(H,35,38)/t22-,28-/m1/s1. The molecular weight excluding hydrogens is 476 g/mol. The number of rotatable bonds is 15. The van der Waals surface area contributed by atoms with Gasteiger partial charge in [0.25, 0.3) is 0 Å². The van der Waals surface area contributed by atoms with Crippen LogP contribution in [0.15, 0.2) is 78.9 Å². The lowest BCUT2D eigenvalue weighted by molar-refractivity contribution is -0.129. The van der Waals surface area contributed by atoms with E-state index >= 15 is 0 Å². The molecule has 0 aliphatic heterocycles. The van der Waals surface area contributed by atoms with Crippen LogP contribution in [0.25, 0.3) is 0 Å². The third kappa shape index (κ3) is 9.48. The van der Waals surface area contributed by atoms with Crippen molar-refractivity contribution in [1.82, 2.24) is 10.6 Å². The van der Waals surface area contributed by atoms with E-state index in [2.05, 4.69) is 22.8 Å². The van der Waals surface area contributed by atoms with E-state index in [4.69, 9.17) is 11.1 Å². The third-order valence-electron chi connectivity index (χ3n) is 6.58. The number of phenolic OH excluding ortho intramolecular Hbond substituents is 1. The fourth-order valence-electron chi connectivity index (χ4n) is 4.32. The van der Waals surface area contributed by atoms with Crippen molar-refractivity contribution >= 4 is 17.5 Å². The highest BCUT2D eigenvalue weighted by molar-refractivity contribution is 5.94. The fraction of sp³-hybridized carbons (Fsp3) is 0.323. The predicted molar refractivity (Wildman–Crippen MR) is 151 cm³/mol. The Morgan fingerprint density at radius 1 is 0.921 bits per heavy atom. The van der Waals surface area contributed by atoms with Crippen molar-refractivity contribution in [1.29, 1.82) is 5.41 Å². The first-order chi connectivity index (χ1) is 18.3. The zero-order valence-corrected chi connectivity index (χ0v) is 22.0.